The van der Waals surface area contributed by atoms with E-state index in [4.69, 9.17) is 14.7 Å². The third-order valence-corrected chi connectivity index (χ3v) is 1.66. The number of hydrogen-bond acceptors (Lipinski definition) is 3. The molecule has 0 saturated carbocycles. The first-order valence-corrected chi connectivity index (χ1v) is 4.50. The molecule has 3 heteroatoms. The van der Waals surface area contributed by atoms with Gasteiger partial charge >= 0.3 is 0 Å². The Bertz CT molecular complexity index is 267. The lowest BCUT2D eigenvalue weighted by Gasteiger charge is -1.88. The van der Waals surface area contributed by atoms with Crippen LogP contribution in [0.1, 0.15) is 5.56 Å². The Balaban J connectivity index is 0.000000165. The maximum Gasteiger partial charge on any atom is 0.146 e. The van der Waals surface area contributed by atoms with Gasteiger partial charge in [-0.1, -0.05) is 30.3 Å². The molecule has 1 heterocycles. The zero-order valence-corrected chi connectivity index (χ0v) is 7.98. The highest BCUT2D eigenvalue weighted by molar-refractivity contribution is 5.17. The van der Waals surface area contributed by atoms with Crippen molar-refractivity contribution >= 4 is 0 Å². The summed E-state index contributed by atoms with van der Waals surface area (Å²) in [5, 5.41) is 8.27. The van der Waals surface area contributed by atoms with E-state index in [9.17, 15) is 0 Å². The van der Waals surface area contributed by atoms with Gasteiger partial charge in [0.05, 0.1) is 25.7 Å². The van der Waals surface area contributed by atoms with E-state index in [0.29, 0.717) is 13.2 Å². The molecule has 0 aliphatic carbocycles. The molecule has 0 bridgehead atoms. The summed E-state index contributed by atoms with van der Waals surface area (Å²) in [6, 6.07) is 11.8. The number of nitriles is 1. The molecular weight excluding hydrogens is 178 g/mol. The fraction of sp³-hybridized carbons (Fsp3) is 0.364. The van der Waals surface area contributed by atoms with Crippen molar-refractivity contribution in [2.45, 2.75) is 6.42 Å². The van der Waals surface area contributed by atoms with Crippen LogP contribution in [0.15, 0.2) is 30.3 Å². The predicted octanol–water partition coefficient (Wildman–Crippen LogP) is 1.74. The Morgan fingerprint density at radius 3 is 2.21 bits per heavy atom. The van der Waals surface area contributed by atoms with E-state index < -0.39 is 0 Å². The van der Waals surface area contributed by atoms with Gasteiger partial charge in [0.25, 0.3) is 0 Å². The van der Waals surface area contributed by atoms with E-state index in [1.165, 1.54) is 0 Å². The standard InChI is InChI=1S/C8H7N.C3H6O2/c9-7-6-8-4-2-1-3-5-8;1-2-5-3-4-1/h1-5H,6H2;1-3H2. The van der Waals surface area contributed by atoms with Crippen LogP contribution in [0.4, 0.5) is 0 Å². The van der Waals surface area contributed by atoms with Crippen LogP contribution in [-0.2, 0) is 15.9 Å². The smallest absolute Gasteiger partial charge is 0.146 e. The Hall–Kier alpha value is -1.37. The van der Waals surface area contributed by atoms with Gasteiger partial charge in [0.2, 0.25) is 0 Å². The maximum absolute atomic E-state index is 8.27. The van der Waals surface area contributed by atoms with Gasteiger partial charge < -0.3 is 9.47 Å². The molecule has 74 valence electrons. The molecule has 0 amide bonds. The van der Waals surface area contributed by atoms with E-state index in [1.54, 1.807) is 0 Å². The minimum Gasteiger partial charge on any atom is -0.353 e. The highest BCUT2D eigenvalue weighted by Gasteiger charge is 1.93. The highest BCUT2D eigenvalue weighted by Crippen LogP contribution is 1.97. The number of ether oxygens (including phenoxy) is 2. The summed E-state index contributed by atoms with van der Waals surface area (Å²) in [4.78, 5) is 0. The molecule has 0 atom stereocenters. The van der Waals surface area contributed by atoms with Crippen LogP contribution in [0.5, 0.6) is 0 Å². The van der Waals surface area contributed by atoms with Crippen molar-refractivity contribution in [1.82, 2.24) is 0 Å². The second kappa shape index (κ2) is 7.07. The van der Waals surface area contributed by atoms with Gasteiger partial charge in [-0.15, -0.1) is 0 Å². The SMILES string of the molecule is C1COCO1.N#CCc1ccccc1. The van der Waals surface area contributed by atoms with Gasteiger partial charge in [-0.25, -0.2) is 0 Å². The third kappa shape index (κ3) is 4.61. The van der Waals surface area contributed by atoms with Crippen LogP contribution in [0.3, 0.4) is 0 Å². The average molecular weight is 191 g/mol. The van der Waals surface area contributed by atoms with E-state index in [1.807, 2.05) is 30.3 Å². The molecule has 0 aromatic heterocycles. The van der Waals surface area contributed by atoms with Crippen molar-refractivity contribution in [3.8, 4) is 6.07 Å². The van der Waals surface area contributed by atoms with E-state index in [-0.39, 0.29) is 0 Å². The zero-order chi connectivity index (χ0) is 10.1. The molecule has 2 rings (SSSR count). The Kier molecular flexibility index (Phi) is 5.41. The Morgan fingerprint density at radius 2 is 1.79 bits per heavy atom. The van der Waals surface area contributed by atoms with E-state index in [2.05, 4.69) is 6.07 Å². The minimum absolute atomic E-state index is 0.500. The second-order valence-electron chi connectivity index (χ2n) is 2.75. The van der Waals surface area contributed by atoms with Crippen molar-refractivity contribution in [2.24, 2.45) is 0 Å². The van der Waals surface area contributed by atoms with Crippen molar-refractivity contribution < 1.29 is 9.47 Å². The third-order valence-electron chi connectivity index (χ3n) is 1.66. The van der Waals surface area contributed by atoms with E-state index >= 15 is 0 Å². The summed E-state index contributed by atoms with van der Waals surface area (Å²) < 4.78 is 9.44. The van der Waals surface area contributed by atoms with Crippen molar-refractivity contribution in [1.29, 1.82) is 5.26 Å². The zero-order valence-electron chi connectivity index (χ0n) is 7.98. The van der Waals surface area contributed by atoms with Crippen LogP contribution in [-0.4, -0.2) is 20.0 Å². The molecular formula is C11H13NO2. The number of nitrogens with zero attached hydrogens (tertiary/aromatic N) is 1. The largest absolute Gasteiger partial charge is 0.353 e. The van der Waals surface area contributed by atoms with Gasteiger partial charge in [0, 0.05) is 0 Å². The summed E-state index contributed by atoms with van der Waals surface area (Å²) >= 11 is 0. The van der Waals surface area contributed by atoms with Crippen LogP contribution in [0.25, 0.3) is 0 Å². The van der Waals surface area contributed by atoms with E-state index in [0.717, 1.165) is 18.8 Å². The lowest BCUT2D eigenvalue weighted by Crippen LogP contribution is -1.79. The molecule has 0 unspecified atom stereocenters. The summed E-state index contributed by atoms with van der Waals surface area (Å²) in [5.74, 6) is 0. The lowest BCUT2D eigenvalue weighted by molar-refractivity contribution is 0.0692. The molecule has 3 nitrogen and oxygen atoms in total. The average Bonchev–Trinajstić information content (AvgIpc) is 2.78. The Morgan fingerprint density at radius 1 is 1.14 bits per heavy atom. The fourth-order valence-corrected chi connectivity index (χ4v) is 0.982. The molecule has 0 N–H and O–H groups in total. The predicted molar refractivity (Wildman–Crippen MR) is 52.5 cm³/mol. The highest BCUT2D eigenvalue weighted by atomic mass is 16.7. The topological polar surface area (TPSA) is 42.2 Å². The lowest BCUT2D eigenvalue weighted by atomic mass is 10.2. The first kappa shape index (κ1) is 10.7. The van der Waals surface area contributed by atoms with Gasteiger partial charge in [-0.2, -0.15) is 5.26 Å². The summed E-state index contributed by atoms with van der Waals surface area (Å²) in [6.07, 6.45) is 0.515. The van der Waals surface area contributed by atoms with Crippen LogP contribution in [0.2, 0.25) is 0 Å². The summed E-state index contributed by atoms with van der Waals surface area (Å²) in [7, 11) is 0. The first-order chi connectivity index (χ1) is 6.93. The monoisotopic (exact) mass is 191 g/mol. The summed E-state index contributed by atoms with van der Waals surface area (Å²) in [5.41, 5.74) is 1.08. The quantitative estimate of drug-likeness (QED) is 0.679. The molecule has 1 fully saturated rings. The molecule has 0 radical (unpaired) electrons. The first-order valence-electron chi connectivity index (χ1n) is 4.50. The molecule has 1 aromatic carbocycles. The fourth-order valence-electron chi connectivity index (χ4n) is 0.982. The number of hydrogen-bond donors (Lipinski definition) is 0. The van der Waals surface area contributed by atoms with Gasteiger partial charge in [0.15, 0.2) is 0 Å². The molecule has 0 spiro atoms. The van der Waals surface area contributed by atoms with Crippen molar-refractivity contribution in [2.75, 3.05) is 20.0 Å². The van der Waals surface area contributed by atoms with Gasteiger partial charge in [-0.05, 0) is 5.56 Å². The summed E-state index contributed by atoms with van der Waals surface area (Å²) in [6.45, 7) is 2.06. The maximum atomic E-state index is 8.27. The molecule has 1 aliphatic heterocycles. The Labute approximate surface area is 83.9 Å². The van der Waals surface area contributed by atoms with Crippen LogP contribution in [0, 0.1) is 11.3 Å². The minimum atomic E-state index is 0.500. The normalized spacial score (nSPS) is 13.9. The second-order valence-corrected chi connectivity index (χ2v) is 2.75. The van der Waals surface area contributed by atoms with Crippen LogP contribution >= 0.6 is 0 Å². The van der Waals surface area contributed by atoms with Crippen molar-refractivity contribution in [3.63, 3.8) is 0 Å². The van der Waals surface area contributed by atoms with Crippen molar-refractivity contribution in [3.05, 3.63) is 35.9 Å². The van der Waals surface area contributed by atoms with Gasteiger partial charge in [0.1, 0.15) is 6.79 Å². The van der Waals surface area contributed by atoms with Gasteiger partial charge in [-0.3, -0.25) is 0 Å². The molecule has 1 saturated heterocycles. The molecule has 1 aromatic rings. The number of rotatable bonds is 1. The molecule has 14 heavy (non-hydrogen) atoms. The van der Waals surface area contributed by atoms with Crippen LogP contribution < -0.4 is 0 Å². The number of benzene rings is 1. The molecule has 1 aliphatic rings.